The van der Waals surface area contributed by atoms with Gasteiger partial charge in [-0.05, 0) is 37.8 Å². The molecule has 1 atom stereocenters. The van der Waals surface area contributed by atoms with Crippen LogP contribution in [-0.4, -0.2) is 37.3 Å². The van der Waals surface area contributed by atoms with Gasteiger partial charge in [0.2, 0.25) is 5.91 Å². The number of amides is 1. The maximum absolute atomic E-state index is 13.0. The maximum Gasteiger partial charge on any atom is 0.247 e. The number of aromatic nitrogens is 4. The summed E-state index contributed by atoms with van der Waals surface area (Å²) in [5.74, 6) is 1.90. The zero-order chi connectivity index (χ0) is 20.8. The first-order valence-corrected chi connectivity index (χ1v) is 10.1. The third-order valence-corrected chi connectivity index (χ3v) is 4.99. The fourth-order valence-electron chi connectivity index (χ4n) is 3.59. The lowest BCUT2D eigenvalue weighted by Gasteiger charge is -2.34. The predicted octanol–water partition coefficient (Wildman–Crippen LogP) is 4.09. The van der Waals surface area contributed by atoms with E-state index in [0.717, 1.165) is 30.5 Å². The van der Waals surface area contributed by atoms with Gasteiger partial charge < -0.3 is 10.2 Å². The van der Waals surface area contributed by atoms with Crippen LogP contribution < -0.4 is 5.32 Å². The van der Waals surface area contributed by atoms with Crippen LogP contribution in [0.5, 0.6) is 0 Å². The fraction of sp³-hybridized carbons (Fsp3) is 0.261. The van der Waals surface area contributed by atoms with Crippen LogP contribution in [0, 0.1) is 6.92 Å². The topological polar surface area (TPSA) is 83.9 Å². The van der Waals surface area contributed by atoms with Crippen LogP contribution in [0.1, 0.15) is 42.4 Å². The van der Waals surface area contributed by atoms with E-state index in [1.165, 1.54) is 0 Å². The molecule has 0 aliphatic carbocycles. The lowest BCUT2D eigenvalue weighted by molar-refractivity contribution is -0.129. The molecule has 3 aromatic rings. The first kappa shape index (κ1) is 19.7. The first-order valence-electron chi connectivity index (χ1n) is 10.1. The molecule has 4 rings (SSSR count). The number of likely N-dealkylation sites (tertiary alicyclic amines) is 1. The molecule has 1 fully saturated rings. The van der Waals surface area contributed by atoms with E-state index in [9.17, 15) is 4.79 Å². The van der Waals surface area contributed by atoms with E-state index in [1.807, 2.05) is 54.3 Å². The summed E-state index contributed by atoms with van der Waals surface area (Å²) in [7, 11) is 0. The van der Waals surface area contributed by atoms with Gasteiger partial charge in [0.1, 0.15) is 11.6 Å². The summed E-state index contributed by atoms with van der Waals surface area (Å²) in [6.07, 6.45) is 11.3. The van der Waals surface area contributed by atoms with E-state index in [-0.39, 0.29) is 11.9 Å². The van der Waals surface area contributed by atoms with Crippen molar-refractivity contribution in [2.45, 2.75) is 32.2 Å². The Morgan fingerprint density at radius 1 is 1.13 bits per heavy atom. The third-order valence-electron chi connectivity index (χ3n) is 4.99. The van der Waals surface area contributed by atoms with Crippen molar-refractivity contribution < 1.29 is 4.79 Å². The minimum absolute atomic E-state index is 0.0166. The molecule has 1 amide bonds. The van der Waals surface area contributed by atoms with Gasteiger partial charge in [-0.2, -0.15) is 0 Å². The Bertz CT molecular complexity index is 1020. The maximum atomic E-state index is 13.0. The zero-order valence-corrected chi connectivity index (χ0v) is 16.9. The number of hydrogen-bond donors (Lipinski definition) is 1. The molecule has 0 saturated carbocycles. The quantitative estimate of drug-likeness (QED) is 0.650. The Hall–Kier alpha value is -3.61. The smallest absolute Gasteiger partial charge is 0.247 e. The SMILES string of the molecule is Cc1cc(Nc2cnccn2)nc(C2CCCCN2C(=O)/C=C/c2ccccc2)n1. The van der Waals surface area contributed by atoms with Gasteiger partial charge in [0.05, 0.1) is 12.2 Å². The number of carbonyl (C=O) groups is 1. The van der Waals surface area contributed by atoms with E-state index >= 15 is 0 Å². The van der Waals surface area contributed by atoms with Gasteiger partial charge >= 0.3 is 0 Å². The molecular weight excluding hydrogens is 376 g/mol. The number of hydrogen-bond acceptors (Lipinski definition) is 6. The number of nitrogens with zero attached hydrogens (tertiary/aromatic N) is 5. The van der Waals surface area contributed by atoms with Crippen molar-refractivity contribution in [3.05, 3.63) is 78.1 Å². The number of carbonyl (C=O) groups excluding carboxylic acids is 1. The molecule has 1 unspecified atom stereocenters. The van der Waals surface area contributed by atoms with E-state index in [0.29, 0.717) is 24.0 Å². The van der Waals surface area contributed by atoms with Gasteiger partial charge in [-0.25, -0.2) is 15.0 Å². The number of aryl methyl sites for hydroxylation is 1. The van der Waals surface area contributed by atoms with Crippen molar-refractivity contribution in [2.75, 3.05) is 11.9 Å². The first-order chi connectivity index (χ1) is 14.7. The van der Waals surface area contributed by atoms with Crippen LogP contribution in [0.4, 0.5) is 11.6 Å². The molecule has 3 heterocycles. The monoisotopic (exact) mass is 400 g/mol. The van der Waals surface area contributed by atoms with Crippen molar-refractivity contribution in [1.29, 1.82) is 0 Å². The molecular formula is C23H24N6O. The minimum atomic E-state index is -0.144. The number of benzene rings is 1. The Morgan fingerprint density at radius 2 is 2.00 bits per heavy atom. The summed E-state index contributed by atoms with van der Waals surface area (Å²) in [6.45, 7) is 2.63. The molecule has 0 spiro atoms. The van der Waals surface area contributed by atoms with Crippen molar-refractivity contribution in [3.63, 3.8) is 0 Å². The van der Waals surface area contributed by atoms with E-state index < -0.39 is 0 Å². The number of piperidine rings is 1. The van der Waals surface area contributed by atoms with Gasteiger partial charge in [0.25, 0.3) is 0 Å². The van der Waals surface area contributed by atoms with Gasteiger partial charge in [-0.15, -0.1) is 0 Å². The Kier molecular flexibility index (Phi) is 6.08. The summed E-state index contributed by atoms with van der Waals surface area (Å²) >= 11 is 0. The van der Waals surface area contributed by atoms with E-state index in [1.54, 1.807) is 24.7 Å². The highest BCUT2D eigenvalue weighted by Gasteiger charge is 2.29. The summed E-state index contributed by atoms with van der Waals surface area (Å²) in [6, 6.07) is 11.6. The molecule has 0 bridgehead atoms. The lowest BCUT2D eigenvalue weighted by atomic mass is 10.0. The summed E-state index contributed by atoms with van der Waals surface area (Å²) in [5.41, 5.74) is 1.84. The van der Waals surface area contributed by atoms with Gasteiger partial charge in [-0.1, -0.05) is 30.3 Å². The highest BCUT2D eigenvalue weighted by Crippen LogP contribution is 2.30. The van der Waals surface area contributed by atoms with Crippen LogP contribution in [-0.2, 0) is 4.79 Å². The standard InChI is InChI=1S/C23H24N6O/c1-17-15-20(27-21-16-24-12-13-25-21)28-23(26-17)19-9-5-6-14-29(19)22(30)11-10-18-7-3-2-4-8-18/h2-4,7-8,10-13,15-16,19H,5-6,9,14H2,1H3,(H,25,26,27,28)/b11-10+. The van der Waals surface area contributed by atoms with Crippen molar-refractivity contribution >= 4 is 23.6 Å². The highest BCUT2D eigenvalue weighted by molar-refractivity contribution is 5.92. The molecule has 2 aromatic heterocycles. The van der Waals surface area contributed by atoms with Gasteiger partial charge in [0, 0.05) is 36.8 Å². The minimum Gasteiger partial charge on any atom is -0.329 e. The number of anilines is 2. The molecule has 7 nitrogen and oxygen atoms in total. The molecule has 152 valence electrons. The van der Waals surface area contributed by atoms with Gasteiger partial charge in [0.15, 0.2) is 5.82 Å². The second-order valence-corrected chi connectivity index (χ2v) is 7.26. The number of nitrogens with one attached hydrogen (secondary N) is 1. The second-order valence-electron chi connectivity index (χ2n) is 7.26. The normalized spacial score (nSPS) is 16.6. The molecule has 7 heteroatoms. The molecule has 0 radical (unpaired) electrons. The molecule has 1 N–H and O–H groups in total. The van der Waals surface area contributed by atoms with Gasteiger partial charge in [-0.3, -0.25) is 9.78 Å². The molecule has 1 aromatic carbocycles. The molecule has 1 saturated heterocycles. The molecule has 1 aliphatic heterocycles. The second kappa shape index (κ2) is 9.26. The summed E-state index contributed by atoms with van der Waals surface area (Å²) in [4.78, 5) is 32.5. The third kappa shape index (κ3) is 4.86. The molecule has 1 aliphatic rings. The van der Waals surface area contributed by atoms with Crippen molar-refractivity contribution in [1.82, 2.24) is 24.8 Å². The summed E-state index contributed by atoms with van der Waals surface area (Å²) in [5, 5.41) is 3.17. The van der Waals surface area contributed by atoms with Crippen LogP contribution in [0.2, 0.25) is 0 Å². The average Bonchev–Trinajstić information content (AvgIpc) is 2.78. The largest absolute Gasteiger partial charge is 0.329 e. The molecule has 30 heavy (non-hydrogen) atoms. The summed E-state index contributed by atoms with van der Waals surface area (Å²) < 4.78 is 0. The number of rotatable bonds is 5. The van der Waals surface area contributed by atoms with Crippen molar-refractivity contribution in [2.24, 2.45) is 0 Å². The predicted molar refractivity (Wildman–Crippen MR) is 116 cm³/mol. The Balaban J connectivity index is 1.56. The average molecular weight is 400 g/mol. The van der Waals surface area contributed by atoms with Crippen LogP contribution in [0.25, 0.3) is 6.08 Å². The lowest BCUT2D eigenvalue weighted by Crippen LogP contribution is -2.38. The van der Waals surface area contributed by atoms with Crippen molar-refractivity contribution in [3.8, 4) is 0 Å². The van der Waals surface area contributed by atoms with Crippen LogP contribution in [0.3, 0.4) is 0 Å². The fourth-order valence-corrected chi connectivity index (χ4v) is 3.59. The Morgan fingerprint density at radius 3 is 2.80 bits per heavy atom. The highest BCUT2D eigenvalue weighted by atomic mass is 16.2. The van der Waals surface area contributed by atoms with Crippen LogP contribution in [0.15, 0.2) is 61.1 Å². The van der Waals surface area contributed by atoms with Crippen LogP contribution >= 0.6 is 0 Å². The Labute approximate surface area is 175 Å². The van der Waals surface area contributed by atoms with E-state index in [4.69, 9.17) is 4.98 Å². The van der Waals surface area contributed by atoms with E-state index in [2.05, 4.69) is 20.3 Å². The zero-order valence-electron chi connectivity index (χ0n) is 16.9.